The van der Waals surface area contributed by atoms with Crippen LogP contribution < -0.4 is 0 Å². The smallest absolute Gasteiger partial charge is 0.214 e. The Labute approximate surface area is 207 Å². The minimum Gasteiger partial charge on any atom is -0.346 e. The molecule has 9 heteroatoms. The summed E-state index contributed by atoms with van der Waals surface area (Å²) in [7, 11) is -3.21. The molecule has 3 fully saturated rings. The minimum atomic E-state index is -3.21. The van der Waals surface area contributed by atoms with Crippen molar-refractivity contribution < 1.29 is 8.42 Å². The Morgan fingerprint density at radius 1 is 0.943 bits per heavy atom. The summed E-state index contributed by atoms with van der Waals surface area (Å²) in [6, 6.07) is 2.05. The molecule has 3 aromatic heterocycles. The van der Waals surface area contributed by atoms with Gasteiger partial charge in [-0.05, 0) is 82.4 Å². The number of likely N-dealkylation sites (tertiary alicyclic amines) is 1. The number of aromatic nitrogens is 4. The van der Waals surface area contributed by atoms with Gasteiger partial charge in [-0.1, -0.05) is 0 Å². The molecule has 0 amide bonds. The van der Waals surface area contributed by atoms with E-state index in [0.717, 1.165) is 72.7 Å². The second kappa shape index (κ2) is 9.75. The van der Waals surface area contributed by atoms with E-state index < -0.39 is 10.0 Å². The number of rotatable bonds is 6. The molecule has 35 heavy (non-hydrogen) atoms. The predicted molar refractivity (Wildman–Crippen MR) is 138 cm³/mol. The van der Waals surface area contributed by atoms with Crippen LogP contribution in [-0.4, -0.2) is 76.0 Å². The monoisotopic (exact) mass is 496 g/mol. The summed E-state index contributed by atoms with van der Waals surface area (Å²) >= 11 is 0. The first-order valence-electron chi connectivity index (χ1n) is 13.3. The van der Waals surface area contributed by atoms with Gasteiger partial charge >= 0.3 is 0 Å². The molecule has 0 spiro atoms. The number of piperidine rings is 1. The zero-order chi connectivity index (χ0) is 23.8. The van der Waals surface area contributed by atoms with Gasteiger partial charge < -0.3 is 9.88 Å². The SMILES string of the molecule is O=S(=O)(CC1CCC(c2ncnc3cnc4[nH]ccc4c23)CC1)N1CCCC(CN2CCCC2)C1. The van der Waals surface area contributed by atoms with Crippen molar-refractivity contribution in [2.75, 3.05) is 38.5 Å². The van der Waals surface area contributed by atoms with E-state index in [-0.39, 0.29) is 5.92 Å². The summed E-state index contributed by atoms with van der Waals surface area (Å²) in [5.41, 5.74) is 2.82. The summed E-state index contributed by atoms with van der Waals surface area (Å²) in [5, 5.41) is 2.16. The summed E-state index contributed by atoms with van der Waals surface area (Å²) in [6.45, 7) is 4.83. The highest BCUT2D eigenvalue weighted by Gasteiger charge is 2.34. The molecular formula is C26H36N6O2S. The molecule has 1 N–H and O–H groups in total. The van der Waals surface area contributed by atoms with E-state index in [4.69, 9.17) is 4.98 Å². The molecule has 6 rings (SSSR count). The van der Waals surface area contributed by atoms with E-state index in [1.165, 1.54) is 25.9 Å². The van der Waals surface area contributed by atoms with Crippen LogP contribution in [0.1, 0.15) is 63.0 Å². The lowest BCUT2D eigenvalue weighted by molar-refractivity contribution is 0.199. The fraction of sp³-hybridized carbons (Fsp3) is 0.654. The van der Waals surface area contributed by atoms with Crippen molar-refractivity contribution in [1.82, 2.24) is 29.1 Å². The lowest BCUT2D eigenvalue weighted by atomic mass is 9.80. The Hall–Kier alpha value is -2.10. The zero-order valence-electron chi connectivity index (χ0n) is 20.4. The van der Waals surface area contributed by atoms with Crippen molar-refractivity contribution in [3.63, 3.8) is 0 Å². The van der Waals surface area contributed by atoms with Gasteiger partial charge in [-0.2, -0.15) is 0 Å². The number of pyridine rings is 1. The first-order valence-corrected chi connectivity index (χ1v) is 14.9. The molecule has 0 aromatic carbocycles. The van der Waals surface area contributed by atoms with E-state index in [2.05, 4.69) is 19.9 Å². The highest BCUT2D eigenvalue weighted by molar-refractivity contribution is 7.89. The van der Waals surface area contributed by atoms with Crippen molar-refractivity contribution in [2.45, 2.75) is 57.3 Å². The number of nitrogens with zero attached hydrogens (tertiary/aromatic N) is 5. The molecular weight excluding hydrogens is 460 g/mol. The van der Waals surface area contributed by atoms with Crippen LogP contribution in [0.15, 0.2) is 24.8 Å². The van der Waals surface area contributed by atoms with Crippen LogP contribution in [-0.2, 0) is 10.0 Å². The Balaban J connectivity index is 1.10. The summed E-state index contributed by atoms with van der Waals surface area (Å²) in [6.07, 6.45) is 13.9. The van der Waals surface area contributed by atoms with E-state index >= 15 is 0 Å². The maximum atomic E-state index is 13.4. The fourth-order valence-corrected chi connectivity index (χ4v) is 8.64. The van der Waals surface area contributed by atoms with Crippen molar-refractivity contribution in [3.8, 4) is 0 Å². The number of aromatic amines is 1. The summed E-state index contributed by atoms with van der Waals surface area (Å²) in [4.78, 5) is 19.3. The summed E-state index contributed by atoms with van der Waals surface area (Å²) in [5.74, 6) is 1.35. The Kier molecular flexibility index (Phi) is 6.49. The van der Waals surface area contributed by atoms with Gasteiger partial charge in [-0.3, -0.25) is 0 Å². The summed E-state index contributed by atoms with van der Waals surface area (Å²) < 4.78 is 28.5. The Morgan fingerprint density at radius 2 is 1.77 bits per heavy atom. The van der Waals surface area contributed by atoms with Gasteiger partial charge in [0.15, 0.2) is 0 Å². The number of nitrogens with one attached hydrogen (secondary N) is 1. The quantitative estimate of drug-likeness (QED) is 0.556. The molecule has 3 aromatic rings. The lowest BCUT2D eigenvalue weighted by Gasteiger charge is -2.35. The second-order valence-electron chi connectivity index (χ2n) is 10.9. The maximum absolute atomic E-state index is 13.4. The fourth-order valence-electron chi connectivity index (χ4n) is 6.66. The number of sulfonamides is 1. The zero-order valence-corrected chi connectivity index (χ0v) is 21.2. The van der Waals surface area contributed by atoms with Crippen molar-refractivity contribution >= 4 is 32.0 Å². The topological polar surface area (TPSA) is 95.1 Å². The Morgan fingerprint density at radius 3 is 2.60 bits per heavy atom. The molecule has 0 bridgehead atoms. The molecule has 5 heterocycles. The third-order valence-corrected chi connectivity index (χ3v) is 10.5. The second-order valence-corrected chi connectivity index (χ2v) is 12.9. The van der Waals surface area contributed by atoms with E-state index in [0.29, 0.717) is 30.7 Å². The average Bonchev–Trinajstić information content (AvgIpc) is 3.56. The van der Waals surface area contributed by atoms with E-state index in [1.54, 1.807) is 6.33 Å². The molecule has 3 aliphatic rings. The Bertz CT molecular complexity index is 1280. The molecule has 188 valence electrons. The van der Waals surface area contributed by atoms with Crippen LogP contribution in [0.2, 0.25) is 0 Å². The van der Waals surface area contributed by atoms with Crippen LogP contribution in [0.3, 0.4) is 0 Å². The molecule has 1 aliphatic carbocycles. The average molecular weight is 497 g/mol. The standard InChI is InChI=1S/C26H36N6O2S/c33-35(34,32-13-3-4-20(16-32)15-31-11-1-2-12-31)17-19-5-7-21(8-6-19)25-24-22-9-10-27-26(22)28-14-23(24)29-18-30-25/h9-10,14,18-21H,1-8,11-13,15-17H2,(H,27,28). The number of H-pyrrole nitrogens is 1. The van der Waals surface area contributed by atoms with E-state index in [9.17, 15) is 8.42 Å². The van der Waals surface area contributed by atoms with Gasteiger partial charge in [0.1, 0.15) is 12.0 Å². The number of fused-ring (bicyclic) bond motifs is 3. The van der Waals surface area contributed by atoms with Crippen molar-refractivity contribution in [1.29, 1.82) is 0 Å². The largest absolute Gasteiger partial charge is 0.346 e. The van der Waals surface area contributed by atoms with Crippen LogP contribution in [0, 0.1) is 11.8 Å². The molecule has 2 aliphatic heterocycles. The van der Waals surface area contributed by atoms with Gasteiger partial charge in [0, 0.05) is 42.5 Å². The van der Waals surface area contributed by atoms with Crippen LogP contribution >= 0.6 is 0 Å². The van der Waals surface area contributed by atoms with Gasteiger partial charge in [0.05, 0.1) is 23.2 Å². The van der Waals surface area contributed by atoms with Crippen LogP contribution in [0.5, 0.6) is 0 Å². The predicted octanol–water partition coefficient (Wildman–Crippen LogP) is 3.92. The normalized spacial score (nSPS) is 27.1. The molecule has 8 nitrogen and oxygen atoms in total. The van der Waals surface area contributed by atoms with Crippen LogP contribution in [0.25, 0.3) is 21.9 Å². The molecule has 1 unspecified atom stereocenters. The van der Waals surface area contributed by atoms with Gasteiger partial charge in [-0.25, -0.2) is 27.7 Å². The molecule has 1 atom stereocenters. The molecule has 1 saturated carbocycles. The van der Waals surface area contributed by atoms with Crippen molar-refractivity contribution in [2.24, 2.45) is 11.8 Å². The van der Waals surface area contributed by atoms with Gasteiger partial charge in [0.2, 0.25) is 10.0 Å². The lowest BCUT2D eigenvalue weighted by Crippen LogP contribution is -2.45. The molecule has 2 saturated heterocycles. The first kappa shape index (κ1) is 23.3. The van der Waals surface area contributed by atoms with Gasteiger partial charge in [0.25, 0.3) is 0 Å². The number of hydrogen-bond acceptors (Lipinski definition) is 6. The molecule has 0 radical (unpaired) electrons. The highest BCUT2D eigenvalue weighted by Crippen LogP contribution is 2.39. The minimum absolute atomic E-state index is 0.234. The first-order chi connectivity index (χ1) is 17.1. The number of hydrogen-bond donors (Lipinski definition) is 1. The van der Waals surface area contributed by atoms with Gasteiger partial charge in [-0.15, -0.1) is 0 Å². The third-order valence-electron chi connectivity index (χ3n) is 8.49. The third kappa shape index (κ3) is 4.82. The van der Waals surface area contributed by atoms with Crippen molar-refractivity contribution in [3.05, 3.63) is 30.5 Å². The highest BCUT2D eigenvalue weighted by atomic mass is 32.2. The van der Waals surface area contributed by atoms with E-state index in [1.807, 2.05) is 22.8 Å². The van der Waals surface area contributed by atoms with Crippen LogP contribution in [0.4, 0.5) is 0 Å². The maximum Gasteiger partial charge on any atom is 0.214 e.